The Labute approximate surface area is 104 Å². The number of hydrogen-bond acceptors (Lipinski definition) is 2. The third-order valence-electron chi connectivity index (χ3n) is 2.91. The first-order valence-corrected chi connectivity index (χ1v) is 6.34. The van der Waals surface area contributed by atoms with E-state index in [1.54, 1.807) is 12.1 Å². The van der Waals surface area contributed by atoms with Crippen LogP contribution in [0.1, 0.15) is 12.8 Å². The Morgan fingerprint density at radius 1 is 1.50 bits per heavy atom. The van der Waals surface area contributed by atoms with Crippen molar-refractivity contribution in [1.29, 1.82) is 0 Å². The number of benzene rings is 1. The molecule has 2 rings (SSSR count). The molecule has 1 fully saturated rings. The molecular weight excluding hydrogens is 271 g/mol. The molecule has 1 aliphatic heterocycles. The first-order chi connectivity index (χ1) is 7.65. The van der Waals surface area contributed by atoms with Gasteiger partial charge < -0.3 is 10.2 Å². The van der Waals surface area contributed by atoms with Crippen LogP contribution in [0, 0.1) is 5.82 Å². The first-order valence-electron chi connectivity index (χ1n) is 5.55. The van der Waals surface area contributed by atoms with Gasteiger partial charge >= 0.3 is 0 Å². The predicted molar refractivity (Wildman–Crippen MR) is 68.2 cm³/mol. The molecule has 1 aromatic carbocycles. The molecule has 0 bridgehead atoms. The topological polar surface area (TPSA) is 15.3 Å². The van der Waals surface area contributed by atoms with Gasteiger partial charge in [-0.3, -0.25) is 0 Å². The summed E-state index contributed by atoms with van der Waals surface area (Å²) in [4.78, 5) is 2.30. The molecule has 0 radical (unpaired) electrons. The SMILES string of the molecule is CN1CCCC(Nc2cc(F)ccc2Br)C1. The third-order valence-corrected chi connectivity index (χ3v) is 3.60. The summed E-state index contributed by atoms with van der Waals surface area (Å²) in [7, 11) is 2.12. The van der Waals surface area contributed by atoms with Crippen LogP contribution in [0.15, 0.2) is 22.7 Å². The number of likely N-dealkylation sites (N-methyl/N-ethyl adjacent to an activating group) is 1. The van der Waals surface area contributed by atoms with Crippen molar-refractivity contribution in [2.45, 2.75) is 18.9 Å². The average Bonchev–Trinajstić information content (AvgIpc) is 2.24. The minimum atomic E-state index is -0.199. The molecular formula is C12H16BrFN2. The molecule has 1 unspecified atom stereocenters. The monoisotopic (exact) mass is 286 g/mol. The lowest BCUT2D eigenvalue weighted by atomic mass is 10.1. The van der Waals surface area contributed by atoms with Crippen LogP contribution < -0.4 is 5.32 Å². The first kappa shape index (κ1) is 11.9. The number of likely N-dealkylation sites (tertiary alicyclic amines) is 1. The van der Waals surface area contributed by atoms with Gasteiger partial charge in [-0.05, 0) is 60.6 Å². The molecule has 16 heavy (non-hydrogen) atoms. The fourth-order valence-corrected chi connectivity index (χ4v) is 2.47. The standard InChI is InChI=1S/C12H16BrFN2/c1-16-6-2-3-10(8-16)15-12-7-9(14)4-5-11(12)13/h4-5,7,10,15H,2-3,6,8H2,1H3. The van der Waals surface area contributed by atoms with Crippen LogP contribution in [-0.2, 0) is 0 Å². The summed E-state index contributed by atoms with van der Waals surface area (Å²) >= 11 is 3.43. The second kappa shape index (κ2) is 5.15. The van der Waals surface area contributed by atoms with Gasteiger partial charge in [0, 0.05) is 17.1 Å². The van der Waals surface area contributed by atoms with Crippen molar-refractivity contribution in [2.24, 2.45) is 0 Å². The van der Waals surface area contributed by atoms with Gasteiger partial charge in [0.15, 0.2) is 0 Å². The van der Waals surface area contributed by atoms with Crippen molar-refractivity contribution in [1.82, 2.24) is 4.90 Å². The van der Waals surface area contributed by atoms with Gasteiger partial charge in [-0.25, -0.2) is 4.39 Å². The number of anilines is 1. The Morgan fingerprint density at radius 2 is 2.31 bits per heavy atom. The van der Waals surface area contributed by atoms with E-state index in [1.807, 2.05) is 0 Å². The lowest BCUT2D eigenvalue weighted by molar-refractivity contribution is 0.261. The Kier molecular flexibility index (Phi) is 3.82. The van der Waals surface area contributed by atoms with Gasteiger partial charge in [0.05, 0.1) is 5.69 Å². The second-order valence-electron chi connectivity index (χ2n) is 4.37. The van der Waals surface area contributed by atoms with E-state index in [2.05, 4.69) is 33.2 Å². The summed E-state index contributed by atoms with van der Waals surface area (Å²) in [5.41, 5.74) is 0.848. The smallest absolute Gasteiger partial charge is 0.125 e. The zero-order chi connectivity index (χ0) is 11.5. The Morgan fingerprint density at radius 3 is 3.06 bits per heavy atom. The lowest BCUT2D eigenvalue weighted by Crippen LogP contribution is -2.39. The Balaban J connectivity index is 2.05. The summed E-state index contributed by atoms with van der Waals surface area (Å²) in [6.07, 6.45) is 2.34. The van der Waals surface area contributed by atoms with Crippen molar-refractivity contribution in [3.8, 4) is 0 Å². The summed E-state index contributed by atoms with van der Waals surface area (Å²) < 4.78 is 14.0. The van der Waals surface area contributed by atoms with Gasteiger partial charge in [0.25, 0.3) is 0 Å². The highest BCUT2D eigenvalue weighted by molar-refractivity contribution is 9.10. The largest absolute Gasteiger partial charge is 0.380 e. The van der Waals surface area contributed by atoms with Gasteiger partial charge in [0.1, 0.15) is 5.82 Å². The fourth-order valence-electron chi connectivity index (χ4n) is 2.11. The Bertz CT molecular complexity index is 370. The van der Waals surface area contributed by atoms with Crippen LogP contribution in [0.4, 0.5) is 10.1 Å². The highest BCUT2D eigenvalue weighted by atomic mass is 79.9. The fraction of sp³-hybridized carbons (Fsp3) is 0.500. The van der Waals surface area contributed by atoms with Gasteiger partial charge in [-0.2, -0.15) is 0 Å². The van der Waals surface area contributed by atoms with E-state index in [0.717, 1.165) is 29.7 Å². The number of nitrogens with zero attached hydrogens (tertiary/aromatic N) is 1. The third kappa shape index (κ3) is 2.95. The van der Waals surface area contributed by atoms with E-state index < -0.39 is 0 Å². The predicted octanol–water partition coefficient (Wildman–Crippen LogP) is 3.09. The zero-order valence-corrected chi connectivity index (χ0v) is 10.9. The minimum absolute atomic E-state index is 0.199. The van der Waals surface area contributed by atoms with E-state index in [-0.39, 0.29) is 5.82 Å². The molecule has 1 atom stereocenters. The van der Waals surface area contributed by atoms with Crippen molar-refractivity contribution in [3.05, 3.63) is 28.5 Å². The van der Waals surface area contributed by atoms with Crippen molar-refractivity contribution in [3.63, 3.8) is 0 Å². The van der Waals surface area contributed by atoms with Crippen molar-refractivity contribution < 1.29 is 4.39 Å². The molecule has 0 aromatic heterocycles. The normalized spacial score (nSPS) is 22.1. The van der Waals surface area contributed by atoms with Crippen LogP contribution >= 0.6 is 15.9 Å². The van der Waals surface area contributed by atoms with Crippen LogP contribution in [0.2, 0.25) is 0 Å². The summed E-state index contributed by atoms with van der Waals surface area (Å²) in [5, 5.41) is 3.39. The molecule has 1 aromatic rings. The van der Waals surface area contributed by atoms with E-state index in [4.69, 9.17) is 0 Å². The van der Waals surface area contributed by atoms with Crippen LogP contribution in [0.5, 0.6) is 0 Å². The van der Waals surface area contributed by atoms with E-state index in [1.165, 1.54) is 12.5 Å². The Hall–Kier alpha value is -0.610. The number of rotatable bonds is 2. The molecule has 0 amide bonds. The molecule has 0 aliphatic carbocycles. The quantitative estimate of drug-likeness (QED) is 0.899. The van der Waals surface area contributed by atoms with Crippen molar-refractivity contribution in [2.75, 3.05) is 25.5 Å². The van der Waals surface area contributed by atoms with Gasteiger partial charge in [-0.1, -0.05) is 0 Å². The van der Waals surface area contributed by atoms with Crippen LogP contribution in [-0.4, -0.2) is 31.1 Å². The number of halogens is 2. The molecule has 2 nitrogen and oxygen atoms in total. The molecule has 4 heteroatoms. The van der Waals surface area contributed by atoms with Gasteiger partial charge in [0.2, 0.25) is 0 Å². The second-order valence-corrected chi connectivity index (χ2v) is 5.22. The lowest BCUT2D eigenvalue weighted by Gasteiger charge is -2.31. The minimum Gasteiger partial charge on any atom is -0.380 e. The van der Waals surface area contributed by atoms with Crippen LogP contribution in [0.3, 0.4) is 0 Å². The summed E-state index contributed by atoms with van der Waals surface area (Å²) in [6, 6.07) is 5.15. The molecule has 1 aliphatic rings. The molecule has 1 saturated heterocycles. The highest BCUT2D eigenvalue weighted by Crippen LogP contribution is 2.25. The number of nitrogens with one attached hydrogen (secondary N) is 1. The van der Waals surface area contributed by atoms with E-state index in [9.17, 15) is 4.39 Å². The summed E-state index contributed by atoms with van der Waals surface area (Å²) in [6.45, 7) is 2.17. The molecule has 1 N–H and O–H groups in total. The van der Waals surface area contributed by atoms with E-state index in [0.29, 0.717) is 6.04 Å². The van der Waals surface area contributed by atoms with Gasteiger partial charge in [-0.15, -0.1) is 0 Å². The zero-order valence-electron chi connectivity index (χ0n) is 9.34. The molecule has 88 valence electrons. The van der Waals surface area contributed by atoms with Crippen LogP contribution in [0.25, 0.3) is 0 Å². The maximum Gasteiger partial charge on any atom is 0.125 e. The highest BCUT2D eigenvalue weighted by Gasteiger charge is 2.17. The molecule has 0 spiro atoms. The number of hydrogen-bond donors (Lipinski definition) is 1. The molecule has 0 saturated carbocycles. The average molecular weight is 287 g/mol. The number of piperidine rings is 1. The maximum absolute atomic E-state index is 13.1. The van der Waals surface area contributed by atoms with Crippen molar-refractivity contribution >= 4 is 21.6 Å². The van der Waals surface area contributed by atoms with E-state index >= 15 is 0 Å². The summed E-state index contributed by atoms with van der Waals surface area (Å²) in [5.74, 6) is -0.199. The molecule has 1 heterocycles. The maximum atomic E-state index is 13.1.